The number of carbonyl (C=O) groups excluding carboxylic acids is 1. The number of benzene rings is 3. The third-order valence-corrected chi connectivity index (χ3v) is 8.27. The average molecular weight is 607 g/mol. The van der Waals surface area contributed by atoms with Gasteiger partial charge in [0.05, 0.1) is 49.8 Å². The van der Waals surface area contributed by atoms with Gasteiger partial charge in [0.15, 0.2) is 0 Å². The molecule has 1 aliphatic carbocycles. The smallest absolute Gasteiger partial charge is 0.335 e. The number of aromatic carboxylic acids is 1. The number of halogens is 1. The van der Waals surface area contributed by atoms with Gasteiger partial charge in [-0.05, 0) is 78.8 Å². The molecule has 5 rings (SSSR count). The molecule has 1 aliphatic rings. The fourth-order valence-electron chi connectivity index (χ4n) is 5.02. The molecule has 0 saturated heterocycles. The van der Waals surface area contributed by atoms with Gasteiger partial charge in [-0.1, -0.05) is 24.1 Å². The minimum absolute atomic E-state index is 0.249. The Balaban J connectivity index is 1.22. The van der Waals surface area contributed by atoms with Gasteiger partial charge < -0.3 is 28.6 Å². The van der Waals surface area contributed by atoms with Gasteiger partial charge >= 0.3 is 5.97 Å². The molecule has 1 amide bonds. The Labute approximate surface area is 254 Å². The number of furan rings is 1. The summed E-state index contributed by atoms with van der Waals surface area (Å²) in [5, 5.41) is 12.5. The largest absolute Gasteiger partial charge is 0.478 e. The molecule has 8 nitrogen and oxygen atoms in total. The van der Waals surface area contributed by atoms with E-state index in [0.717, 1.165) is 29.5 Å². The monoisotopic (exact) mass is 606 g/mol. The first-order valence-corrected chi connectivity index (χ1v) is 15.5. The third kappa shape index (κ3) is 7.38. The molecule has 2 N–H and O–H groups in total. The van der Waals surface area contributed by atoms with Crippen LogP contribution in [0, 0.1) is 5.82 Å². The molecule has 10 heteroatoms. The zero-order chi connectivity index (χ0) is 30.3. The summed E-state index contributed by atoms with van der Waals surface area (Å²) in [5.41, 5.74) is 5.21. The first kappa shape index (κ1) is 30.6. The number of nitrogens with zero attached hydrogens (tertiary/aromatic N) is 1. The van der Waals surface area contributed by atoms with Gasteiger partial charge in [0.2, 0.25) is 0 Å². The highest BCUT2D eigenvalue weighted by Gasteiger charge is 2.31. The summed E-state index contributed by atoms with van der Waals surface area (Å²) in [6.07, 6.45) is 4.91. The third-order valence-electron chi connectivity index (χ3n) is 7.45. The standard InChI is InChI=1S/C33H35FN2O6S/c1-35-32(37)30-27-19-26(22-7-8-22)28(20-29(27)42-31(30)23-9-11-25(34)12-10-23)36(43-2)14-16-41-18-17-40-15-13-21-3-5-24(6-4-21)33(38)39/h3-6,9-12,19-20,22H,7-8,13-18H2,1-2H3,(H,35,37)(H,38,39). The molecule has 4 aromatic rings. The van der Waals surface area contributed by atoms with Crippen molar-refractivity contribution in [3.8, 4) is 11.3 Å². The lowest BCUT2D eigenvalue weighted by Gasteiger charge is -2.24. The molecule has 0 spiro atoms. The second-order valence-corrected chi connectivity index (χ2v) is 11.1. The Morgan fingerprint density at radius 3 is 2.35 bits per heavy atom. The predicted molar refractivity (Wildman–Crippen MR) is 167 cm³/mol. The van der Waals surface area contributed by atoms with Crippen LogP contribution in [0.4, 0.5) is 10.1 Å². The van der Waals surface area contributed by atoms with E-state index in [-0.39, 0.29) is 17.3 Å². The van der Waals surface area contributed by atoms with Crippen LogP contribution in [0.1, 0.15) is 50.6 Å². The molecule has 0 unspecified atom stereocenters. The van der Waals surface area contributed by atoms with Crippen molar-refractivity contribution >= 4 is 40.5 Å². The van der Waals surface area contributed by atoms with Crippen molar-refractivity contribution in [2.45, 2.75) is 25.2 Å². The van der Waals surface area contributed by atoms with Crippen LogP contribution in [-0.2, 0) is 15.9 Å². The Morgan fingerprint density at radius 1 is 1.02 bits per heavy atom. The second-order valence-electron chi connectivity index (χ2n) is 10.3. The Kier molecular flexibility index (Phi) is 10.0. The molecule has 0 radical (unpaired) electrons. The number of carbonyl (C=O) groups is 2. The maximum absolute atomic E-state index is 13.6. The molecule has 0 aliphatic heterocycles. The number of amides is 1. The van der Waals surface area contributed by atoms with Crippen molar-refractivity contribution in [1.82, 2.24) is 5.32 Å². The zero-order valence-corrected chi connectivity index (χ0v) is 25.0. The van der Waals surface area contributed by atoms with Gasteiger partial charge in [-0.2, -0.15) is 0 Å². The van der Waals surface area contributed by atoms with Crippen molar-refractivity contribution in [2.75, 3.05) is 50.6 Å². The first-order valence-electron chi connectivity index (χ1n) is 14.3. The van der Waals surface area contributed by atoms with Crippen LogP contribution >= 0.6 is 11.9 Å². The van der Waals surface area contributed by atoms with Crippen LogP contribution in [-0.4, -0.2) is 63.3 Å². The number of anilines is 1. The lowest BCUT2D eigenvalue weighted by molar-refractivity contribution is 0.0522. The topological polar surface area (TPSA) is 101 Å². The number of carboxylic acid groups (broad SMARTS) is 1. The fourth-order valence-corrected chi connectivity index (χ4v) is 5.64. The van der Waals surface area contributed by atoms with Crippen molar-refractivity contribution in [3.05, 3.63) is 88.7 Å². The summed E-state index contributed by atoms with van der Waals surface area (Å²) >= 11 is 1.61. The lowest BCUT2D eigenvalue weighted by Crippen LogP contribution is -2.22. The summed E-state index contributed by atoms with van der Waals surface area (Å²) < 4.78 is 33.6. The second kappa shape index (κ2) is 14.1. The molecule has 43 heavy (non-hydrogen) atoms. The zero-order valence-electron chi connectivity index (χ0n) is 24.2. The summed E-state index contributed by atoms with van der Waals surface area (Å²) in [7, 11) is 1.59. The molecule has 0 atom stereocenters. The molecule has 1 fully saturated rings. The highest BCUT2D eigenvalue weighted by molar-refractivity contribution is 7.99. The van der Waals surface area contributed by atoms with E-state index < -0.39 is 5.97 Å². The molecule has 0 bridgehead atoms. The molecule has 1 aromatic heterocycles. The molecule has 226 valence electrons. The number of hydrogen-bond donors (Lipinski definition) is 2. The number of rotatable bonds is 15. The van der Waals surface area contributed by atoms with Crippen LogP contribution in [0.15, 0.2) is 65.1 Å². The maximum atomic E-state index is 13.6. The van der Waals surface area contributed by atoms with Gasteiger partial charge in [0.1, 0.15) is 17.2 Å². The number of carboxylic acids is 1. The number of hydrogen-bond acceptors (Lipinski definition) is 7. The Morgan fingerprint density at radius 2 is 1.72 bits per heavy atom. The number of ether oxygens (including phenoxy) is 2. The maximum Gasteiger partial charge on any atom is 0.335 e. The SMILES string of the molecule is CNC(=O)c1c(-c2ccc(F)cc2)oc2cc(N(CCOCCOCCc3ccc(C(=O)O)cc3)SC)c(C3CC3)cc12. The average Bonchev–Trinajstić information content (AvgIpc) is 3.80. The summed E-state index contributed by atoms with van der Waals surface area (Å²) in [6, 6.07) is 16.9. The summed E-state index contributed by atoms with van der Waals surface area (Å²) in [6.45, 7) is 2.61. The van der Waals surface area contributed by atoms with E-state index in [1.54, 1.807) is 55.4 Å². The van der Waals surface area contributed by atoms with E-state index in [9.17, 15) is 14.0 Å². The van der Waals surface area contributed by atoms with Crippen LogP contribution in [0.2, 0.25) is 0 Å². The van der Waals surface area contributed by atoms with Crippen LogP contribution in [0.5, 0.6) is 0 Å². The quantitative estimate of drug-likeness (QED) is 0.116. The van der Waals surface area contributed by atoms with Crippen molar-refractivity contribution in [3.63, 3.8) is 0 Å². The van der Waals surface area contributed by atoms with E-state index in [0.29, 0.717) is 67.8 Å². The van der Waals surface area contributed by atoms with Gasteiger partial charge in [0.25, 0.3) is 5.91 Å². The van der Waals surface area contributed by atoms with Crippen molar-refractivity contribution in [2.24, 2.45) is 0 Å². The summed E-state index contributed by atoms with van der Waals surface area (Å²) in [5.74, 6) is -0.693. The van der Waals surface area contributed by atoms with Crippen molar-refractivity contribution in [1.29, 1.82) is 0 Å². The fraction of sp³-hybridized carbons (Fsp3) is 0.333. The minimum Gasteiger partial charge on any atom is -0.478 e. The van der Waals surface area contributed by atoms with E-state index in [4.69, 9.17) is 19.0 Å². The first-order chi connectivity index (χ1) is 20.9. The molecular formula is C33H35FN2O6S. The highest BCUT2D eigenvalue weighted by atomic mass is 32.2. The lowest BCUT2D eigenvalue weighted by atomic mass is 10.0. The van der Waals surface area contributed by atoms with Gasteiger partial charge in [0, 0.05) is 30.3 Å². The Bertz CT molecular complexity index is 1570. The van der Waals surface area contributed by atoms with Gasteiger partial charge in [-0.25, -0.2) is 9.18 Å². The number of nitrogens with one attached hydrogen (secondary N) is 1. The van der Waals surface area contributed by atoms with Crippen LogP contribution < -0.4 is 9.62 Å². The minimum atomic E-state index is -0.934. The van der Waals surface area contributed by atoms with Crippen molar-refractivity contribution < 1.29 is 33.0 Å². The van der Waals surface area contributed by atoms with Crippen LogP contribution in [0.3, 0.4) is 0 Å². The Hall–Kier alpha value is -3.86. The molecule has 1 heterocycles. The normalized spacial score (nSPS) is 12.9. The molecular weight excluding hydrogens is 571 g/mol. The van der Waals surface area contributed by atoms with E-state index >= 15 is 0 Å². The summed E-state index contributed by atoms with van der Waals surface area (Å²) in [4.78, 5) is 24.0. The predicted octanol–water partition coefficient (Wildman–Crippen LogP) is 6.53. The van der Waals surface area contributed by atoms with E-state index in [1.807, 2.05) is 12.3 Å². The van der Waals surface area contributed by atoms with Crippen LogP contribution in [0.25, 0.3) is 22.3 Å². The van der Waals surface area contributed by atoms with E-state index in [2.05, 4.69) is 15.7 Å². The van der Waals surface area contributed by atoms with Gasteiger partial charge in [-0.15, -0.1) is 0 Å². The van der Waals surface area contributed by atoms with E-state index in [1.165, 1.54) is 17.7 Å². The molecule has 1 saturated carbocycles. The molecule has 3 aromatic carbocycles. The highest BCUT2D eigenvalue weighted by Crippen LogP contribution is 2.48. The number of fused-ring (bicyclic) bond motifs is 1. The van der Waals surface area contributed by atoms with Gasteiger partial charge in [-0.3, -0.25) is 4.79 Å².